The van der Waals surface area contributed by atoms with Crippen LogP contribution >= 0.6 is 11.6 Å². The zero-order valence-corrected chi connectivity index (χ0v) is 16.1. The van der Waals surface area contributed by atoms with E-state index in [0.29, 0.717) is 26.1 Å². The topological polar surface area (TPSA) is 73.8 Å². The smallest absolute Gasteiger partial charge is 0.211 e. The van der Waals surface area contributed by atoms with E-state index in [4.69, 9.17) is 11.6 Å². The Hall–Kier alpha value is -1.31. The van der Waals surface area contributed by atoms with Gasteiger partial charge in [-0.3, -0.25) is 4.99 Å². The van der Waals surface area contributed by atoms with Crippen LogP contribution in [-0.4, -0.2) is 51.7 Å². The lowest BCUT2D eigenvalue weighted by Crippen LogP contribution is -2.38. The zero-order chi connectivity index (χ0) is 18.0. The van der Waals surface area contributed by atoms with Gasteiger partial charge in [0.25, 0.3) is 0 Å². The molecule has 0 aliphatic heterocycles. The molecule has 1 rings (SSSR count). The predicted octanol–water partition coefficient (Wildman–Crippen LogP) is 2.07. The third kappa shape index (κ3) is 7.51. The largest absolute Gasteiger partial charge is 0.357 e. The summed E-state index contributed by atoms with van der Waals surface area (Å²) in [7, 11) is -1.18. The summed E-state index contributed by atoms with van der Waals surface area (Å²) in [6.45, 7) is 5.97. The molecule has 1 aromatic rings. The molecule has 0 radical (unpaired) electrons. The monoisotopic (exact) mass is 374 g/mol. The number of nitrogens with zero attached hydrogens (tertiary/aromatic N) is 2. The molecule has 24 heavy (non-hydrogen) atoms. The summed E-state index contributed by atoms with van der Waals surface area (Å²) in [6.07, 6.45) is 0.647. The van der Waals surface area contributed by atoms with Gasteiger partial charge in [0, 0.05) is 38.2 Å². The van der Waals surface area contributed by atoms with Gasteiger partial charge < -0.3 is 10.2 Å². The molecule has 0 unspecified atom stereocenters. The van der Waals surface area contributed by atoms with Crippen LogP contribution < -0.4 is 10.0 Å². The minimum atomic E-state index is -3.13. The molecule has 0 bridgehead atoms. The molecule has 136 valence electrons. The van der Waals surface area contributed by atoms with Crippen molar-refractivity contribution in [1.29, 1.82) is 0 Å². The lowest BCUT2D eigenvalue weighted by atomic mass is 10.2. The number of hydrogen-bond acceptors (Lipinski definition) is 3. The van der Waals surface area contributed by atoms with Gasteiger partial charge in [0.05, 0.1) is 5.75 Å². The van der Waals surface area contributed by atoms with Crippen LogP contribution in [0.5, 0.6) is 0 Å². The summed E-state index contributed by atoms with van der Waals surface area (Å²) in [4.78, 5) is 6.54. The van der Waals surface area contributed by atoms with E-state index >= 15 is 0 Å². The van der Waals surface area contributed by atoms with Gasteiger partial charge in [-0.2, -0.15) is 0 Å². The van der Waals surface area contributed by atoms with Crippen LogP contribution in [0, 0.1) is 0 Å². The van der Waals surface area contributed by atoms with Crippen LogP contribution in [0.1, 0.15) is 25.8 Å². The van der Waals surface area contributed by atoms with Crippen LogP contribution in [0.3, 0.4) is 0 Å². The lowest BCUT2D eigenvalue weighted by molar-refractivity contribution is 0.476. The molecule has 0 saturated heterocycles. The summed E-state index contributed by atoms with van der Waals surface area (Å²) in [5, 5.41) is 3.97. The molecule has 0 aliphatic carbocycles. The third-order valence-electron chi connectivity index (χ3n) is 3.36. The normalized spacial score (nSPS) is 12.2. The maximum atomic E-state index is 11.4. The van der Waals surface area contributed by atoms with Crippen molar-refractivity contribution >= 4 is 27.6 Å². The van der Waals surface area contributed by atoms with Gasteiger partial charge in [0.15, 0.2) is 5.96 Å². The maximum Gasteiger partial charge on any atom is 0.211 e. The number of aliphatic imine (C=N–C) groups is 1. The first-order chi connectivity index (χ1) is 11.4. The van der Waals surface area contributed by atoms with E-state index in [0.717, 1.165) is 23.1 Å². The quantitative estimate of drug-likeness (QED) is 0.394. The van der Waals surface area contributed by atoms with Gasteiger partial charge in [-0.05, 0) is 31.9 Å². The molecule has 2 N–H and O–H groups in total. The minimum Gasteiger partial charge on any atom is -0.357 e. The summed E-state index contributed by atoms with van der Waals surface area (Å²) < 4.78 is 25.3. The molecular weight excluding hydrogens is 348 g/mol. The Bertz CT molecular complexity index is 635. The highest BCUT2D eigenvalue weighted by atomic mass is 35.5. The maximum absolute atomic E-state index is 11.4. The Balaban J connectivity index is 2.57. The Morgan fingerprint density at radius 1 is 1.29 bits per heavy atom. The highest BCUT2D eigenvalue weighted by molar-refractivity contribution is 7.89. The lowest BCUT2D eigenvalue weighted by Gasteiger charge is -2.22. The summed E-state index contributed by atoms with van der Waals surface area (Å²) in [5.41, 5.74) is 1.03. The van der Waals surface area contributed by atoms with Gasteiger partial charge in [0.2, 0.25) is 10.0 Å². The van der Waals surface area contributed by atoms with Crippen molar-refractivity contribution < 1.29 is 8.42 Å². The second-order valence-electron chi connectivity index (χ2n) is 5.33. The third-order valence-corrected chi connectivity index (χ3v) is 5.13. The van der Waals surface area contributed by atoms with Crippen molar-refractivity contribution in [2.75, 3.05) is 32.4 Å². The number of halogens is 1. The van der Waals surface area contributed by atoms with Gasteiger partial charge in [-0.15, -0.1) is 0 Å². The standard InChI is InChI=1S/C16H27ClN4O2S/c1-4-18-16(19-11-8-12-20-24(22,23)5-2)21(3)13-14-9-6-7-10-15(14)17/h6-7,9-10,20H,4-5,8,11-13H2,1-3H3,(H,18,19). The van der Waals surface area contributed by atoms with Crippen LogP contribution in [0.25, 0.3) is 0 Å². The summed E-state index contributed by atoms with van der Waals surface area (Å²) >= 11 is 6.20. The van der Waals surface area contributed by atoms with Crippen molar-refractivity contribution in [3.8, 4) is 0 Å². The fraction of sp³-hybridized carbons (Fsp3) is 0.562. The van der Waals surface area contributed by atoms with E-state index in [9.17, 15) is 8.42 Å². The van der Waals surface area contributed by atoms with Gasteiger partial charge in [-0.25, -0.2) is 13.1 Å². The van der Waals surface area contributed by atoms with E-state index in [1.54, 1.807) is 6.92 Å². The molecule has 0 spiro atoms. The summed E-state index contributed by atoms with van der Waals surface area (Å²) in [5.74, 6) is 0.871. The Morgan fingerprint density at radius 2 is 2.00 bits per heavy atom. The Kier molecular flexibility index (Phi) is 9.10. The minimum absolute atomic E-state index is 0.0967. The van der Waals surface area contributed by atoms with Crippen molar-refractivity contribution in [3.05, 3.63) is 34.9 Å². The first-order valence-electron chi connectivity index (χ1n) is 8.09. The van der Waals surface area contributed by atoms with Crippen molar-refractivity contribution in [1.82, 2.24) is 14.9 Å². The molecule has 0 fully saturated rings. The number of guanidine groups is 1. The van der Waals surface area contributed by atoms with Crippen LogP contribution in [0.4, 0.5) is 0 Å². The molecule has 1 aromatic carbocycles. The van der Waals surface area contributed by atoms with Gasteiger partial charge in [-0.1, -0.05) is 29.8 Å². The van der Waals surface area contributed by atoms with Gasteiger partial charge >= 0.3 is 0 Å². The van der Waals surface area contributed by atoms with Crippen LogP contribution in [-0.2, 0) is 16.6 Å². The first-order valence-corrected chi connectivity index (χ1v) is 10.1. The number of nitrogens with one attached hydrogen (secondary N) is 2. The highest BCUT2D eigenvalue weighted by Crippen LogP contribution is 2.16. The van der Waals surface area contributed by atoms with E-state index in [-0.39, 0.29) is 5.75 Å². The Labute approximate surface area is 150 Å². The number of rotatable bonds is 9. The average Bonchev–Trinajstić information content (AvgIpc) is 2.55. The average molecular weight is 375 g/mol. The molecule has 0 atom stereocenters. The first kappa shape index (κ1) is 20.7. The van der Waals surface area contributed by atoms with Gasteiger partial charge in [0.1, 0.15) is 0 Å². The van der Waals surface area contributed by atoms with Crippen molar-refractivity contribution in [2.24, 2.45) is 4.99 Å². The fourth-order valence-electron chi connectivity index (χ4n) is 2.02. The summed E-state index contributed by atoms with van der Waals surface area (Å²) in [6, 6.07) is 7.72. The van der Waals surface area contributed by atoms with E-state index in [2.05, 4.69) is 15.0 Å². The fourth-order valence-corrected chi connectivity index (χ4v) is 2.88. The number of benzene rings is 1. The van der Waals surface area contributed by atoms with E-state index in [1.165, 1.54) is 0 Å². The predicted molar refractivity (Wildman–Crippen MR) is 101 cm³/mol. The number of hydrogen-bond donors (Lipinski definition) is 2. The van der Waals surface area contributed by atoms with E-state index < -0.39 is 10.0 Å². The second kappa shape index (κ2) is 10.5. The second-order valence-corrected chi connectivity index (χ2v) is 7.84. The van der Waals surface area contributed by atoms with Crippen molar-refractivity contribution in [3.63, 3.8) is 0 Å². The SMILES string of the molecule is CCNC(=NCCCNS(=O)(=O)CC)N(C)Cc1ccccc1Cl. The zero-order valence-electron chi connectivity index (χ0n) is 14.5. The molecule has 0 heterocycles. The van der Waals surface area contributed by atoms with E-state index in [1.807, 2.05) is 43.1 Å². The van der Waals surface area contributed by atoms with Crippen LogP contribution in [0.2, 0.25) is 5.02 Å². The Morgan fingerprint density at radius 3 is 2.62 bits per heavy atom. The van der Waals surface area contributed by atoms with Crippen molar-refractivity contribution in [2.45, 2.75) is 26.8 Å². The molecule has 0 saturated carbocycles. The molecule has 8 heteroatoms. The molecule has 0 amide bonds. The molecule has 0 aliphatic rings. The molecular formula is C16H27ClN4O2S. The van der Waals surface area contributed by atoms with Crippen LogP contribution in [0.15, 0.2) is 29.3 Å². The number of sulfonamides is 1. The molecule has 6 nitrogen and oxygen atoms in total. The molecule has 0 aromatic heterocycles. The highest BCUT2D eigenvalue weighted by Gasteiger charge is 2.09.